The van der Waals surface area contributed by atoms with E-state index < -0.39 is 0 Å². The van der Waals surface area contributed by atoms with E-state index in [-0.39, 0.29) is 0 Å². The van der Waals surface area contributed by atoms with Crippen LogP contribution in [0, 0.1) is 5.41 Å². The van der Waals surface area contributed by atoms with Crippen LogP contribution in [0.15, 0.2) is 22.8 Å². The predicted molar refractivity (Wildman–Crippen MR) is 55.1 cm³/mol. The Morgan fingerprint density at radius 2 is 1.75 bits per heavy atom. The third kappa shape index (κ3) is 1.35. The van der Waals surface area contributed by atoms with E-state index in [2.05, 4.69) is 40.7 Å². The molecule has 0 radical (unpaired) electrons. The lowest BCUT2D eigenvalue weighted by atomic mass is 9.87. The Balaban J connectivity index is 3.08. The van der Waals surface area contributed by atoms with Crippen molar-refractivity contribution in [1.82, 2.24) is 0 Å². The van der Waals surface area contributed by atoms with Crippen molar-refractivity contribution in [3.05, 3.63) is 22.8 Å². The Morgan fingerprint density at radius 1 is 1.17 bits per heavy atom. The maximum Gasteiger partial charge on any atom is 0.00433 e. The number of hydrogen-bond donors (Lipinski definition) is 0. The third-order valence-electron chi connectivity index (χ3n) is 3.08. The van der Waals surface area contributed by atoms with Crippen LogP contribution in [0.2, 0.25) is 0 Å². The second-order valence-electron chi connectivity index (χ2n) is 4.20. The van der Waals surface area contributed by atoms with Crippen molar-refractivity contribution in [2.24, 2.45) is 5.41 Å². The fraction of sp³-hybridized carbons (Fsp3) is 0.667. The molecule has 0 nitrogen and oxygen atoms in total. The van der Waals surface area contributed by atoms with Crippen LogP contribution < -0.4 is 0 Å². The summed E-state index contributed by atoms with van der Waals surface area (Å²) >= 11 is 0. The molecule has 0 spiro atoms. The molecule has 0 N–H and O–H groups in total. The van der Waals surface area contributed by atoms with Crippen LogP contribution in [0.4, 0.5) is 0 Å². The summed E-state index contributed by atoms with van der Waals surface area (Å²) in [5.74, 6) is 0. The van der Waals surface area contributed by atoms with Crippen molar-refractivity contribution >= 4 is 0 Å². The first-order valence-electron chi connectivity index (χ1n) is 4.95. The minimum Gasteiger partial charge on any atom is -0.0713 e. The average molecular weight is 164 g/mol. The summed E-state index contributed by atoms with van der Waals surface area (Å²) in [5.41, 5.74) is 5.06. The summed E-state index contributed by atoms with van der Waals surface area (Å²) in [7, 11) is 0. The molecule has 0 unspecified atom stereocenters. The molecule has 12 heavy (non-hydrogen) atoms. The molecular weight excluding hydrogens is 144 g/mol. The highest BCUT2D eigenvalue weighted by Gasteiger charge is 2.27. The van der Waals surface area contributed by atoms with E-state index in [0.717, 1.165) is 0 Å². The number of rotatable bonds is 2. The van der Waals surface area contributed by atoms with Crippen LogP contribution in [-0.4, -0.2) is 0 Å². The molecule has 0 saturated heterocycles. The molecule has 0 fully saturated rings. The summed E-state index contributed by atoms with van der Waals surface area (Å²) in [6, 6.07) is 0. The Kier molecular flexibility index (Phi) is 2.46. The van der Waals surface area contributed by atoms with Crippen LogP contribution in [0.3, 0.4) is 0 Å². The second-order valence-corrected chi connectivity index (χ2v) is 4.20. The second kappa shape index (κ2) is 3.08. The van der Waals surface area contributed by atoms with Crippen molar-refractivity contribution in [3.63, 3.8) is 0 Å². The van der Waals surface area contributed by atoms with Crippen LogP contribution in [-0.2, 0) is 0 Å². The van der Waals surface area contributed by atoms with Gasteiger partial charge >= 0.3 is 0 Å². The normalized spacial score (nSPS) is 21.6. The first kappa shape index (κ1) is 9.57. The molecule has 0 heteroatoms. The van der Waals surface area contributed by atoms with Crippen molar-refractivity contribution in [2.45, 2.75) is 47.5 Å². The minimum absolute atomic E-state index is 0.316. The lowest BCUT2D eigenvalue weighted by Gasteiger charge is -2.17. The van der Waals surface area contributed by atoms with Crippen molar-refractivity contribution < 1.29 is 0 Å². The van der Waals surface area contributed by atoms with E-state index in [1.54, 1.807) is 16.7 Å². The maximum absolute atomic E-state index is 2.43. The summed E-state index contributed by atoms with van der Waals surface area (Å²) < 4.78 is 0. The molecule has 1 rings (SSSR count). The van der Waals surface area contributed by atoms with Gasteiger partial charge in [0.15, 0.2) is 0 Å². The molecule has 0 atom stereocenters. The van der Waals surface area contributed by atoms with Crippen LogP contribution in [0.25, 0.3) is 0 Å². The highest BCUT2D eigenvalue weighted by molar-refractivity contribution is 5.46. The van der Waals surface area contributed by atoms with Crippen molar-refractivity contribution in [1.29, 1.82) is 0 Å². The largest absolute Gasteiger partial charge is 0.0713 e. The zero-order valence-corrected chi connectivity index (χ0v) is 8.99. The van der Waals surface area contributed by atoms with Gasteiger partial charge in [0.1, 0.15) is 0 Å². The van der Waals surface area contributed by atoms with Gasteiger partial charge in [0.2, 0.25) is 0 Å². The van der Waals surface area contributed by atoms with Gasteiger partial charge in [-0.05, 0) is 30.9 Å². The predicted octanol–water partition coefficient (Wildman–Crippen LogP) is 4.09. The summed E-state index contributed by atoms with van der Waals surface area (Å²) in [6.07, 6.45) is 4.81. The zero-order valence-electron chi connectivity index (χ0n) is 8.99. The van der Waals surface area contributed by atoms with E-state index in [9.17, 15) is 0 Å². The Bertz CT molecular complexity index is 239. The van der Waals surface area contributed by atoms with E-state index in [1.165, 1.54) is 12.8 Å². The quantitative estimate of drug-likeness (QED) is 0.576. The summed E-state index contributed by atoms with van der Waals surface area (Å²) in [5, 5.41) is 0. The molecule has 0 amide bonds. The molecule has 0 heterocycles. The fourth-order valence-corrected chi connectivity index (χ4v) is 2.07. The van der Waals surface area contributed by atoms with Gasteiger partial charge in [-0.2, -0.15) is 0 Å². The highest BCUT2D eigenvalue weighted by Crippen LogP contribution is 2.42. The minimum atomic E-state index is 0.316. The van der Waals surface area contributed by atoms with Crippen LogP contribution in [0.5, 0.6) is 0 Å². The first-order chi connectivity index (χ1) is 5.53. The SMILES string of the molecule is CCC1=CC(C)(C)C(C)=C1CC. The van der Waals surface area contributed by atoms with Crippen molar-refractivity contribution in [2.75, 3.05) is 0 Å². The molecule has 0 aromatic carbocycles. The maximum atomic E-state index is 2.43. The van der Waals surface area contributed by atoms with E-state index in [1.807, 2.05) is 0 Å². The van der Waals surface area contributed by atoms with Gasteiger partial charge in [0.05, 0.1) is 0 Å². The molecule has 0 aliphatic heterocycles. The van der Waals surface area contributed by atoms with Crippen LogP contribution >= 0.6 is 0 Å². The molecule has 1 aliphatic rings. The number of hydrogen-bond acceptors (Lipinski definition) is 0. The monoisotopic (exact) mass is 164 g/mol. The van der Waals surface area contributed by atoms with Gasteiger partial charge in [-0.1, -0.05) is 39.3 Å². The standard InChI is InChI=1S/C12H20/c1-6-10-8-12(4,5)9(3)11(10)7-2/h8H,6-7H2,1-5H3. The Labute approximate surface area is 76.4 Å². The lowest BCUT2D eigenvalue weighted by Crippen LogP contribution is -2.05. The molecule has 68 valence electrons. The third-order valence-corrected chi connectivity index (χ3v) is 3.08. The van der Waals surface area contributed by atoms with Gasteiger partial charge in [0, 0.05) is 5.41 Å². The zero-order chi connectivity index (χ0) is 9.35. The molecular formula is C12H20. The molecule has 0 saturated carbocycles. The Morgan fingerprint density at radius 3 is 2.08 bits per heavy atom. The summed E-state index contributed by atoms with van der Waals surface area (Å²) in [6.45, 7) is 11.4. The number of allylic oxidation sites excluding steroid dienone is 4. The van der Waals surface area contributed by atoms with Gasteiger partial charge < -0.3 is 0 Å². The average Bonchev–Trinajstić information content (AvgIpc) is 2.24. The molecule has 0 aromatic rings. The molecule has 0 bridgehead atoms. The van der Waals surface area contributed by atoms with Crippen LogP contribution in [0.1, 0.15) is 47.5 Å². The van der Waals surface area contributed by atoms with E-state index >= 15 is 0 Å². The molecule has 0 aromatic heterocycles. The first-order valence-corrected chi connectivity index (χ1v) is 4.95. The fourth-order valence-electron chi connectivity index (χ4n) is 2.07. The van der Waals surface area contributed by atoms with Crippen molar-refractivity contribution in [3.8, 4) is 0 Å². The van der Waals surface area contributed by atoms with E-state index in [0.29, 0.717) is 5.41 Å². The van der Waals surface area contributed by atoms with Gasteiger partial charge in [0.25, 0.3) is 0 Å². The lowest BCUT2D eigenvalue weighted by molar-refractivity contribution is 0.586. The Hall–Kier alpha value is -0.520. The smallest absolute Gasteiger partial charge is 0.00433 e. The van der Waals surface area contributed by atoms with Gasteiger partial charge in [-0.15, -0.1) is 0 Å². The van der Waals surface area contributed by atoms with Gasteiger partial charge in [-0.3, -0.25) is 0 Å². The highest BCUT2D eigenvalue weighted by atomic mass is 14.3. The molecule has 1 aliphatic carbocycles. The topological polar surface area (TPSA) is 0 Å². The van der Waals surface area contributed by atoms with E-state index in [4.69, 9.17) is 0 Å². The summed E-state index contributed by atoms with van der Waals surface area (Å²) in [4.78, 5) is 0. The van der Waals surface area contributed by atoms with Gasteiger partial charge in [-0.25, -0.2) is 0 Å².